The fraction of sp³-hybridized carbons (Fsp3) is 0.549. The lowest BCUT2D eigenvalue weighted by molar-refractivity contribution is -0.160. The number of ether oxygens (including phenoxy) is 3. The Bertz CT molecular complexity index is 2360. The molecule has 7 amide bonds. The summed E-state index contributed by atoms with van der Waals surface area (Å²) in [7, 11) is 1.29. The van der Waals surface area contributed by atoms with Gasteiger partial charge in [0.15, 0.2) is 6.04 Å². The number of aliphatic hydroxyl groups is 3. The number of halogens is 1. The molecule has 22 nitrogen and oxygen atoms in total. The molecule has 2 aromatic rings. The van der Waals surface area contributed by atoms with Crippen molar-refractivity contribution in [1.29, 1.82) is 0 Å². The summed E-state index contributed by atoms with van der Waals surface area (Å²) in [6.45, 7) is 10.2. The van der Waals surface area contributed by atoms with E-state index in [0.29, 0.717) is 5.56 Å². The first-order chi connectivity index (χ1) is 34.8. The minimum atomic E-state index is -1.98. The minimum Gasteiger partial charge on any atom is -0.487 e. The fourth-order valence-electron chi connectivity index (χ4n) is 7.90. The van der Waals surface area contributed by atoms with Gasteiger partial charge in [0.05, 0.1) is 24.0 Å². The van der Waals surface area contributed by atoms with Crippen LogP contribution in [0, 0.1) is 17.8 Å². The molecule has 13 atom stereocenters. The Balaban J connectivity index is 2.03. The van der Waals surface area contributed by atoms with Crippen LogP contribution in [0.1, 0.15) is 79.0 Å². The third-order valence-electron chi connectivity index (χ3n) is 13.1. The van der Waals surface area contributed by atoms with Crippen molar-refractivity contribution in [2.75, 3.05) is 26.1 Å². The average Bonchev–Trinajstić information content (AvgIpc) is 3.37. The highest BCUT2D eigenvalue weighted by atomic mass is 35.5. The van der Waals surface area contributed by atoms with Gasteiger partial charge in [0.1, 0.15) is 66.9 Å². The van der Waals surface area contributed by atoms with Crippen LogP contribution in [-0.2, 0) is 59.0 Å². The van der Waals surface area contributed by atoms with Crippen molar-refractivity contribution in [2.45, 2.75) is 134 Å². The van der Waals surface area contributed by atoms with Crippen LogP contribution in [0.5, 0.6) is 5.75 Å². The van der Waals surface area contributed by atoms with Gasteiger partial charge in [0.2, 0.25) is 41.4 Å². The number of likely N-dealkylation sites (N-methyl/N-ethyl adjacent to an activating group) is 1. The zero-order valence-corrected chi connectivity index (χ0v) is 43.7. The van der Waals surface area contributed by atoms with Crippen LogP contribution in [-0.4, -0.2) is 160 Å². The maximum Gasteiger partial charge on any atom is 0.332 e. The van der Waals surface area contributed by atoms with E-state index in [0.717, 1.165) is 24.0 Å². The maximum atomic E-state index is 15.2. The van der Waals surface area contributed by atoms with Gasteiger partial charge in [-0.2, -0.15) is 0 Å². The van der Waals surface area contributed by atoms with Gasteiger partial charge < -0.3 is 66.3 Å². The highest BCUT2D eigenvalue weighted by Gasteiger charge is 2.42. The second kappa shape index (κ2) is 27.1. The first-order valence-corrected chi connectivity index (χ1v) is 24.9. The topological polar surface area (TPSA) is 317 Å². The number of alkyl halides is 1. The molecule has 406 valence electrons. The number of rotatable bonds is 10. The van der Waals surface area contributed by atoms with Crippen LogP contribution in [0.2, 0.25) is 0 Å². The predicted octanol–water partition coefficient (Wildman–Crippen LogP) is -0.156. The van der Waals surface area contributed by atoms with E-state index in [1.165, 1.54) is 52.1 Å². The predicted molar refractivity (Wildman–Crippen MR) is 267 cm³/mol. The van der Waals surface area contributed by atoms with Crippen molar-refractivity contribution in [3.8, 4) is 5.75 Å². The van der Waals surface area contributed by atoms with E-state index < -0.39 is 156 Å². The lowest BCUT2D eigenvalue weighted by Crippen LogP contribution is -2.61. The summed E-state index contributed by atoms with van der Waals surface area (Å²) < 4.78 is 17.0. The van der Waals surface area contributed by atoms with Crippen LogP contribution in [0.25, 0.3) is 0 Å². The number of fused-ring (bicyclic) bond motifs is 11. The van der Waals surface area contributed by atoms with Gasteiger partial charge in [-0.3, -0.25) is 38.4 Å². The second-order valence-corrected chi connectivity index (χ2v) is 19.4. The van der Waals surface area contributed by atoms with Gasteiger partial charge in [-0.1, -0.05) is 83.5 Å². The molecule has 3 heterocycles. The summed E-state index contributed by atoms with van der Waals surface area (Å²) in [5.74, 6) is -11.8. The first kappa shape index (κ1) is 59.9. The van der Waals surface area contributed by atoms with Crippen molar-refractivity contribution in [3.63, 3.8) is 0 Å². The van der Waals surface area contributed by atoms with Crippen molar-refractivity contribution < 1.29 is 72.7 Å². The van der Waals surface area contributed by atoms with E-state index in [1.54, 1.807) is 58.0 Å². The van der Waals surface area contributed by atoms with Gasteiger partial charge in [-0.05, 0) is 61.9 Å². The molecule has 3 aliphatic rings. The smallest absolute Gasteiger partial charge is 0.332 e. The fourth-order valence-corrected chi connectivity index (χ4v) is 8.20. The summed E-state index contributed by atoms with van der Waals surface area (Å²) in [5, 5.41) is 48.3. The van der Waals surface area contributed by atoms with Crippen molar-refractivity contribution in [2.24, 2.45) is 17.8 Å². The van der Waals surface area contributed by atoms with Gasteiger partial charge in [-0.25, -0.2) is 4.79 Å². The molecular formula is C51H70ClN7O15. The third-order valence-corrected chi connectivity index (χ3v) is 13.6. The van der Waals surface area contributed by atoms with E-state index in [2.05, 4.69) is 31.9 Å². The number of nitrogens with one attached hydrogen (secondary N) is 6. The standard InChI is InChI=1S/C51H70ClN7O15/c1-10-27(4)39-46(66)58-42-33-16-18-34(19-17-33)74-31(8)51(71,25-52)21-20-37(61)53-23-38(62)72-24-35(50(70)73-30(7)41(48(68)55-39)57-44(64)28(5)43(63)26(2)3)54-47(67)40(29(6)60)56-45(65)36(59(9)49(42)69)22-32-14-12-11-13-15-32/h11-21,26-31,35-36,39-43,60,63,71H,10,22-25H2,1-9H3,(H,53,61)(H,54,67)(H,55,68)(H,56,65)(H,57,64)(H,58,66)/b21-20+/t27-,28+,29-,30+,31+,35-,36-,39+,40-,41-,42+,43+,51-/m1/s1. The molecule has 4 bridgehead atoms. The van der Waals surface area contributed by atoms with Crippen molar-refractivity contribution in [3.05, 3.63) is 77.9 Å². The molecule has 3 aliphatic heterocycles. The Hall–Kier alpha value is -6.62. The molecule has 0 spiro atoms. The molecule has 23 heteroatoms. The van der Waals surface area contributed by atoms with Crippen LogP contribution in [0.3, 0.4) is 0 Å². The molecule has 1 fully saturated rings. The normalized spacial score (nSPS) is 28.5. The van der Waals surface area contributed by atoms with Gasteiger partial charge in [0, 0.05) is 19.5 Å². The van der Waals surface area contributed by atoms with E-state index in [9.17, 15) is 53.7 Å². The van der Waals surface area contributed by atoms with Crippen molar-refractivity contribution >= 4 is 64.9 Å². The number of hydrogen-bond acceptors (Lipinski definition) is 15. The Morgan fingerprint density at radius 2 is 1.46 bits per heavy atom. The number of aliphatic hydroxyl groups excluding tert-OH is 2. The molecular weight excluding hydrogens is 986 g/mol. The van der Waals surface area contributed by atoms with Crippen LogP contribution < -0.4 is 36.6 Å². The summed E-state index contributed by atoms with van der Waals surface area (Å²) in [4.78, 5) is 128. The van der Waals surface area contributed by atoms with Crippen LogP contribution >= 0.6 is 11.6 Å². The molecule has 0 saturated carbocycles. The van der Waals surface area contributed by atoms with E-state index >= 15 is 4.79 Å². The molecule has 5 rings (SSSR count). The highest BCUT2D eigenvalue weighted by Crippen LogP contribution is 2.26. The molecule has 0 aromatic heterocycles. The molecule has 0 aliphatic carbocycles. The molecule has 0 unspecified atom stereocenters. The molecule has 2 aromatic carbocycles. The zero-order chi connectivity index (χ0) is 55.2. The van der Waals surface area contributed by atoms with E-state index in [-0.39, 0.29) is 24.2 Å². The summed E-state index contributed by atoms with van der Waals surface area (Å²) in [5.41, 5.74) is -1.28. The Morgan fingerprint density at radius 1 is 0.838 bits per heavy atom. The SMILES string of the molecule is CC[C@@H](C)[C@@H]1NC(=O)[C@H](NC(=O)[C@@H](C)[C@@H](O)C(C)C)[C@H](C)OC(=O)[C@H]2COC(=O)CNC(=O)/C=C/[C@@](O)(CCl)[C@H](C)Oc3ccc(cc3)[C@H](NC1=O)C(=O)N(C)[C@H](Cc1ccccc1)C(=O)N[C@H]([C@@H](C)O)C(=O)N2. The number of amides is 7. The summed E-state index contributed by atoms with van der Waals surface area (Å²) in [6.07, 6.45) is -3.61. The monoisotopic (exact) mass is 1060 g/mol. The third kappa shape index (κ3) is 15.9. The van der Waals surface area contributed by atoms with Gasteiger partial charge in [-0.15, -0.1) is 11.6 Å². The zero-order valence-electron chi connectivity index (χ0n) is 43.0. The van der Waals surface area contributed by atoms with Crippen LogP contribution in [0.4, 0.5) is 0 Å². The number of carbonyl (C=O) groups excluding carboxylic acids is 9. The van der Waals surface area contributed by atoms with Gasteiger partial charge >= 0.3 is 11.9 Å². The highest BCUT2D eigenvalue weighted by molar-refractivity contribution is 6.18. The number of carbonyl (C=O) groups is 9. The van der Waals surface area contributed by atoms with E-state index in [4.69, 9.17) is 25.8 Å². The number of nitrogens with zero attached hydrogens (tertiary/aromatic N) is 1. The second-order valence-electron chi connectivity index (χ2n) is 19.1. The van der Waals surface area contributed by atoms with E-state index in [1.807, 2.05) is 0 Å². The molecule has 9 N–H and O–H groups in total. The Labute approximate surface area is 435 Å². The maximum absolute atomic E-state index is 15.2. The molecule has 74 heavy (non-hydrogen) atoms. The number of hydrogen-bond donors (Lipinski definition) is 9. The van der Waals surface area contributed by atoms with Crippen molar-refractivity contribution in [1.82, 2.24) is 36.8 Å². The van der Waals surface area contributed by atoms with Gasteiger partial charge in [0.25, 0.3) is 0 Å². The van der Waals surface area contributed by atoms with Crippen LogP contribution in [0.15, 0.2) is 66.7 Å². The number of cyclic esters (lactones) is 1. The summed E-state index contributed by atoms with van der Waals surface area (Å²) in [6, 6.07) is 4.00. The Kier molecular flexibility index (Phi) is 21.9. The minimum absolute atomic E-state index is 0.133. The number of benzene rings is 2. The first-order valence-electron chi connectivity index (χ1n) is 24.4. The Morgan fingerprint density at radius 3 is 2.05 bits per heavy atom. The molecule has 0 radical (unpaired) electrons. The lowest BCUT2D eigenvalue weighted by Gasteiger charge is -2.34. The average molecular weight is 1060 g/mol. The molecule has 1 saturated heterocycles. The largest absolute Gasteiger partial charge is 0.487 e. The quantitative estimate of drug-likeness (QED) is 0.110. The lowest BCUT2D eigenvalue weighted by atomic mass is 9.93. The summed E-state index contributed by atoms with van der Waals surface area (Å²) >= 11 is 6.17. The number of esters is 2.